The summed E-state index contributed by atoms with van der Waals surface area (Å²) in [5.74, 6) is 0. The van der Waals surface area contributed by atoms with Crippen molar-refractivity contribution in [1.82, 2.24) is 4.72 Å². The summed E-state index contributed by atoms with van der Waals surface area (Å²) in [6, 6.07) is 6.62. The molecule has 1 aromatic rings. The fraction of sp³-hybridized carbons (Fsp3) is 0.417. The summed E-state index contributed by atoms with van der Waals surface area (Å²) in [7, 11) is -2.14. The van der Waals surface area contributed by atoms with Crippen molar-refractivity contribution >= 4 is 21.4 Å². The molecule has 1 aromatic carbocycles. The molecule has 0 spiro atoms. The zero-order valence-electron chi connectivity index (χ0n) is 11.0. The minimum Gasteiger partial charge on any atom is -0.397 e. The van der Waals surface area contributed by atoms with E-state index in [2.05, 4.69) is 10.8 Å². The summed E-state index contributed by atoms with van der Waals surface area (Å²) in [4.78, 5) is 2.04. The molecule has 0 fully saturated rings. The molecule has 19 heavy (non-hydrogen) atoms. The second kappa shape index (κ2) is 6.41. The van der Waals surface area contributed by atoms with E-state index >= 15 is 0 Å². The molecule has 0 radical (unpaired) electrons. The first-order valence-corrected chi connectivity index (χ1v) is 7.39. The first-order chi connectivity index (χ1) is 8.96. The topological polar surface area (TPSA) is 99.2 Å². The minimum absolute atomic E-state index is 0.162. The van der Waals surface area contributed by atoms with Gasteiger partial charge in [-0.1, -0.05) is 0 Å². The summed E-state index contributed by atoms with van der Waals surface area (Å²) in [5.41, 5.74) is 7.01. The van der Waals surface area contributed by atoms with Crippen molar-refractivity contribution in [3.05, 3.63) is 18.2 Å². The van der Waals surface area contributed by atoms with Gasteiger partial charge in [-0.25, -0.2) is 13.1 Å². The summed E-state index contributed by atoms with van der Waals surface area (Å²) < 4.78 is 25.8. The molecular formula is C12H18N4O2S. The molecule has 0 bridgehead atoms. The number of hydrogen-bond donors (Lipinski definition) is 2. The normalized spacial score (nSPS) is 11.0. The lowest BCUT2D eigenvalue weighted by Gasteiger charge is -2.24. The van der Waals surface area contributed by atoms with E-state index in [0.29, 0.717) is 30.9 Å². The summed E-state index contributed by atoms with van der Waals surface area (Å²) in [5, 5.41) is 8.63. The van der Waals surface area contributed by atoms with Gasteiger partial charge in [0.15, 0.2) is 0 Å². The number of benzene rings is 1. The fourth-order valence-corrected chi connectivity index (χ4v) is 2.47. The van der Waals surface area contributed by atoms with Crippen molar-refractivity contribution in [1.29, 1.82) is 5.26 Å². The van der Waals surface area contributed by atoms with Crippen LogP contribution in [0.1, 0.15) is 13.3 Å². The zero-order valence-corrected chi connectivity index (χ0v) is 11.9. The maximum absolute atomic E-state index is 11.8. The predicted molar refractivity (Wildman–Crippen MR) is 75.2 cm³/mol. The third kappa shape index (κ3) is 3.59. The number of sulfonamides is 1. The molecule has 104 valence electrons. The molecule has 0 amide bonds. The summed E-state index contributed by atoms with van der Waals surface area (Å²) in [6.45, 7) is 3.09. The van der Waals surface area contributed by atoms with Crippen LogP contribution in [-0.4, -0.2) is 28.6 Å². The highest BCUT2D eigenvalue weighted by Gasteiger charge is 2.15. The van der Waals surface area contributed by atoms with Gasteiger partial charge < -0.3 is 10.6 Å². The average molecular weight is 282 g/mol. The van der Waals surface area contributed by atoms with Crippen molar-refractivity contribution in [3.63, 3.8) is 0 Å². The third-order valence-corrected chi connectivity index (χ3v) is 4.21. The van der Waals surface area contributed by atoms with Crippen LogP contribution in [0.5, 0.6) is 0 Å². The molecule has 0 heterocycles. The second-order valence-electron chi connectivity index (χ2n) is 3.92. The molecule has 0 aliphatic rings. The van der Waals surface area contributed by atoms with Crippen LogP contribution in [0.15, 0.2) is 23.1 Å². The number of nitrogens with one attached hydrogen (secondary N) is 1. The molecular weight excluding hydrogens is 264 g/mol. The van der Waals surface area contributed by atoms with E-state index in [0.717, 1.165) is 0 Å². The summed E-state index contributed by atoms with van der Waals surface area (Å²) >= 11 is 0. The Morgan fingerprint density at radius 2 is 2.16 bits per heavy atom. The molecule has 0 aliphatic carbocycles. The lowest BCUT2D eigenvalue weighted by Crippen LogP contribution is -2.25. The van der Waals surface area contributed by atoms with Crippen molar-refractivity contribution in [2.75, 3.05) is 30.8 Å². The van der Waals surface area contributed by atoms with Crippen LogP contribution in [0.2, 0.25) is 0 Å². The Balaban J connectivity index is 3.20. The van der Waals surface area contributed by atoms with Crippen molar-refractivity contribution in [2.45, 2.75) is 18.2 Å². The average Bonchev–Trinajstić information content (AvgIpc) is 2.41. The molecule has 0 atom stereocenters. The van der Waals surface area contributed by atoms with Crippen LogP contribution >= 0.6 is 0 Å². The molecule has 0 aromatic heterocycles. The van der Waals surface area contributed by atoms with Crippen molar-refractivity contribution in [2.24, 2.45) is 0 Å². The fourth-order valence-electron chi connectivity index (χ4n) is 1.72. The van der Waals surface area contributed by atoms with E-state index < -0.39 is 10.0 Å². The Hall–Kier alpha value is -1.78. The van der Waals surface area contributed by atoms with Gasteiger partial charge in [0.25, 0.3) is 0 Å². The SMILES string of the molecule is CCN(CCC#N)c1cc(S(=O)(=O)NC)ccc1N. The lowest BCUT2D eigenvalue weighted by molar-refractivity contribution is 0.588. The lowest BCUT2D eigenvalue weighted by atomic mass is 10.2. The second-order valence-corrected chi connectivity index (χ2v) is 5.80. The first kappa shape index (κ1) is 15.3. The molecule has 6 nitrogen and oxygen atoms in total. The molecule has 3 N–H and O–H groups in total. The van der Waals surface area contributed by atoms with Crippen LogP contribution in [0.3, 0.4) is 0 Å². The minimum atomic E-state index is -3.50. The monoisotopic (exact) mass is 282 g/mol. The smallest absolute Gasteiger partial charge is 0.240 e. The van der Waals surface area contributed by atoms with E-state index in [4.69, 9.17) is 11.0 Å². The van der Waals surface area contributed by atoms with Crippen LogP contribution in [-0.2, 0) is 10.0 Å². The van der Waals surface area contributed by atoms with Gasteiger partial charge in [-0.15, -0.1) is 0 Å². The predicted octanol–water partition coefficient (Wildman–Crippen LogP) is 0.917. The Kier molecular flexibility index (Phi) is 5.15. The van der Waals surface area contributed by atoms with Gasteiger partial charge in [0, 0.05) is 13.1 Å². The molecule has 7 heteroatoms. The van der Waals surface area contributed by atoms with E-state index in [-0.39, 0.29) is 4.90 Å². The Morgan fingerprint density at radius 3 is 2.68 bits per heavy atom. The van der Waals surface area contributed by atoms with E-state index in [9.17, 15) is 8.42 Å². The zero-order chi connectivity index (χ0) is 14.5. The molecule has 0 saturated carbocycles. The maximum Gasteiger partial charge on any atom is 0.240 e. The Labute approximate surface area is 113 Å². The molecule has 1 rings (SSSR count). The van der Waals surface area contributed by atoms with Gasteiger partial charge in [-0.2, -0.15) is 5.26 Å². The van der Waals surface area contributed by atoms with Crippen molar-refractivity contribution in [3.8, 4) is 6.07 Å². The van der Waals surface area contributed by atoms with Crippen molar-refractivity contribution < 1.29 is 8.42 Å². The van der Waals surface area contributed by atoms with E-state index in [1.165, 1.54) is 19.2 Å². The number of nitriles is 1. The number of nitrogens with zero attached hydrogens (tertiary/aromatic N) is 2. The molecule has 0 aliphatic heterocycles. The molecule has 0 saturated heterocycles. The standard InChI is InChI=1S/C12H18N4O2S/c1-3-16(8-4-7-13)12-9-10(5-6-11(12)14)19(17,18)15-2/h5-6,9,15H,3-4,8,14H2,1-2H3. The van der Waals surface area contributed by atoms with Gasteiger partial charge in [-0.3, -0.25) is 0 Å². The Morgan fingerprint density at radius 1 is 1.47 bits per heavy atom. The van der Waals surface area contributed by atoms with Crippen LogP contribution < -0.4 is 15.4 Å². The Bertz CT molecular complexity index is 578. The first-order valence-electron chi connectivity index (χ1n) is 5.91. The van der Waals surface area contributed by atoms with E-state index in [1.807, 2.05) is 11.8 Å². The van der Waals surface area contributed by atoms with Crippen LogP contribution in [0.25, 0.3) is 0 Å². The largest absolute Gasteiger partial charge is 0.397 e. The number of hydrogen-bond acceptors (Lipinski definition) is 5. The quantitative estimate of drug-likeness (QED) is 0.756. The number of anilines is 2. The van der Waals surface area contributed by atoms with Gasteiger partial charge in [0.1, 0.15) is 0 Å². The maximum atomic E-state index is 11.8. The van der Waals surface area contributed by atoms with Crippen LogP contribution in [0, 0.1) is 11.3 Å². The highest BCUT2D eigenvalue weighted by atomic mass is 32.2. The highest BCUT2D eigenvalue weighted by molar-refractivity contribution is 7.89. The van der Waals surface area contributed by atoms with Crippen LogP contribution in [0.4, 0.5) is 11.4 Å². The van der Waals surface area contributed by atoms with E-state index in [1.54, 1.807) is 6.07 Å². The third-order valence-electron chi connectivity index (χ3n) is 2.80. The van der Waals surface area contributed by atoms with Gasteiger partial charge >= 0.3 is 0 Å². The van der Waals surface area contributed by atoms with Gasteiger partial charge in [0.05, 0.1) is 28.8 Å². The number of rotatable bonds is 6. The summed E-state index contributed by atoms with van der Waals surface area (Å²) in [6.07, 6.45) is 0.357. The van der Waals surface area contributed by atoms with Gasteiger partial charge in [0.2, 0.25) is 10.0 Å². The molecule has 0 unspecified atom stereocenters. The van der Waals surface area contributed by atoms with Gasteiger partial charge in [-0.05, 0) is 32.2 Å². The number of nitrogen functional groups attached to an aromatic ring is 1. The number of nitrogens with two attached hydrogens (primary N) is 1. The highest BCUT2D eigenvalue weighted by Crippen LogP contribution is 2.26.